The van der Waals surface area contributed by atoms with Crippen LogP contribution in [0.1, 0.15) is 56.4 Å². The molecular formula is C27H30ClNO5S2. The molecule has 1 heterocycles. The highest BCUT2D eigenvalue weighted by atomic mass is 35.5. The van der Waals surface area contributed by atoms with Gasteiger partial charge in [0.2, 0.25) is 0 Å². The third-order valence-electron chi connectivity index (χ3n) is 5.23. The van der Waals surface area contributed by atoms with Crippen LogP contribution in [0.2, 0.25) is 5.02 Å². The van der Waals surface area contributed by atoms with Gasteiger partial charge in [-0.1, -0.05) is 63.6 Å². The zero-order valence-electron chi connectivity index (χ0n) is 20.7. The van der Waals surface area contributed by atoms with Gasteiger partial charge in [-0.2, -0.15) is 0 Å². The summed E-state index contributed by atoms with van der Waals surface area (Å²) in [4.78, 5) is 27.4. The van der Waals surface area contributed by atoms with Gasteiger partial charge in [0.05, 0.1) is 28.6 Å². The summed E-state index contributed by atoms with van der Waals surface area (Å²) in [6, 6.07) is 17.1. The highest BCUT2D eigenvalue weighted by molar-refractivity contribution is 8.17. The molecule has 2 aromatic carbocycles. The van der Waals surface area contributed by atoms with Crippen LogP contribution in [0.4, 0.5) is 0 Å². The van der Waals surface area contributed by atoms with E-state index in [2.05, 4.69) is 4.98 Å². The number of benzene rings is 2. The van der Waals surface area contributed by atoms with Gasteiger partial charge in [0.15, 0.2) is 0 Å². The van der Waals surface area contributed by atoms with E-state index in [4.69, 9.17) is 16.3 Å². The predicted octanol–water partition coefficient (Wildman–Crippen LogP) is 7.44. The Morgan fingerprint density at radius 2 is 1.56 bits per heavy atom. The molecule has 0 fully saturated rings. The van der Waals surface area contributed by atoms with Crippen molar-refractivity contribution < 1.29 is 24.5 Å². The number of nitrogens with zero attached hydrogens (tertiary/aromatic N) is 1. The molecule has 0 aliphatic rings. The van der Waals surface area contributed by atoms with E-state index in [1.165, 1.54) is 23.5 Å². The minimum Gasteiger partial charge on any atom is -0.487 e. The number of aliphatic carboxylic acids is 2. The van der Waals surface area contributed by atoms with E-state index < -0.39 is 21.4 Å². The predicted molar refractivity (Wildman–Crippen MR) is 148 cm³/mol. The first-order chi connectivity index (χ1) is 16.8. The van der Waals surface area contributed by atoms with Crippen LogP contribution in [0.25, 0.3) is 10.9 Å². The lowest BCUT2D eigenvalue weighted by Crippen LogP contribution is -2.24. The zero-order valence-corrected chi connectivity index (χ0v) is 23.0. The van der Waals surface area contributed by atoms with Crippen LogP contribution < -0.4 is 4.74 Å². The monoisotopic (exact) mass is 547 g/mol. The fourth-order valence-electron chi connectivity index (χ4n) is 3.67. The summed E-state index contributed by atoms with van der Waals surface area (Å²) in [6.45, 7) is 7.83. The number of carboxylic acids is 2. The zero-order chi connectivity index (χ0) is 26.5. The maximum Gasteiger partial charge on any atom is 0.304 e. The Morgan fingerprint density at radius 1 is 0.944 bits per heavy atom. The normalized spacial score (nSPS) is 12.2. The molecule has 3 rings (SSSR count). The molecule has 3 aromatic rings. The SMILES string of the molecule is CC(C)(CC(=O)O)SC(SC(C)(C)CC(=O)O)c1cccc(OCc2ccc3ccc(Cl)cc3n2)c1. The van der Waals surface area contributed by atoms with Crippen LogP contribution in [0.15, 0.2) is 54.6 Å². The Balaban J connectivity index is 1.82. The van der Waals surface area contributed by atoms with E-state index in [-0.39, 0.29) is 24.0 Å². The summed E-state index contributed by atoms with van der Waals surface area (Å²) in [5.41, 5.74) is 2.49. The van der Waals surface area contributed by atoms with Crippen molar-refractivity contribution in [3.05, 3.63) is 70.9 Å². The first kappa shape index (κ1) is 28.2. The first-order valence-corrected chi connectivity index (χ1v) is 13.5. The Labute approximate surface area is 224 Å². The number of ether oxygens (including phenoxy) is 1. The molecule has 36 heavy (non-hydrogen) atoms. The largest absolute Gasteiger partial charge is 0.487 e. The highest BCUT2D eigenvalue weighted by Crippen LogP contribution is 2.52. The Morgan fingerprint density at radius 3 is 2.17 bits per heavy atom. The lowest BCUT2D eigenvalue weighted by Gasteiger charge is -2.33. The van der Waals surface area contributed by atoms with E-state index >= 15 is 0 Å². The van der Waals surface area contributed by atoms with Crippen molar-refractivity contribution in [3.63, 3.8) is 0 Å². The number of halogens is 1. The van der Waals surface area contributed by atoms with Gasteiger partial charge in [0.1, 0.15) is 12.4 Å². The fraction of sp³-hybridized carbons (Fsp3) is 0.370. The minimum absolute atomic E-state index is 0.0120. The van der Waals surface area contributed by atoms with Crippen LogP contribution in [-0.4, -0.2) is 36.6 Å². The molecular weight excluding hydrogens is 518 g/mol. The number of thioether (sulfide) groups is 2. The second-order valence-electron chi connectivity index (χ2n) is 9.73. The summed E-state index contributed by atoms with van der Waals surface area (Å²) < 4.78 is 4.73. The number of carboxylic acid groups (broad SMARTS) is 2. The molecule has 9 heteroatoms. The number of carbonyl (C=O) groups is 2. The molecule has 0 atom stereocenters. The minimum atomic E-state index is -0.873. The van der Waals surface area contributed by atoms with E-state index in [9.17, 15) is 19.8 Å². The Bertz CT molecular complexity index is 1220. The third kappa shape index (κ3) is 8.61. The number of aromatic nitrogens is 1. The topological polar surface area (TPSA) is 96.7 Å². The molecule has 0 saturated heterocycles. The number of pyridine rings is 1. The molecule has 0 saturated carbocycles. The molecule has 0 unspecified atom stereocenters. The standard InChI is InChI=1S/C27H30ClNO5S2/c1-26(2,14-23(30)31)35-25(36-27(3,4)15-24(32)33)18-6-5-7-21(12-18)34-16-20-11-9-17-8-10-19(28)13-22(17)29-20/h5-13,25H,14-16H2,1-4H3,(H,30,31)(H,32,33). The van der Waals surface area contributed by atoms with Gasteiger partial charge in [-0.25, -0.2) is 4.98 Å². The van der Waals surface area contributed by atoms with Crippen molar-refractivity contribution in [2.45, 2.75) is 61.2 Å². The molecule has 0 spiro atoms. The second kappa shape index (κ2) is 11.8. The van der Waals surface area contributed by atoms with Crippen LogP contribution in [0.3, 0.4) is 0 Å². The highest BCUT2D eigenvalue weighted by Gasteiger charge is 2.33. The number of hydrogen-bond acceptors (Lipinski definition) is 6. The van der Waals surface area contributed by atoms with Gasteiger partial charge in [-0.3, -0.25) is 9.59 Å². The van der Waals surface area contributed by atoms with Crippen LogP contribution in [-0.2, 0) is 16.2 Å². The summed E-state index contributed by atoms with van der Waals surface area (Å²) in [5, 5.41) is 20.3. The molecule has 2 N–H and O–H groups in total. The number of hydrogen-bond donors (Lipinski definition) is 2. The number of rotatable bonds is 12. The van der Waals surface area contributed by atoms with Crippen molar-refractivity contribution in [3.8, 4) is 5.75 Å². The maximum absolute atomic E-state index is 11.4. The lowest BCUT2D eigenvalue weighted by molar-refractivity contribution is -0.138. The average molecular weight is 548 g/mol. The van der Waals surface area contributed by atoms with E-state index in [1.54, 1.807) is 0 Å². The Hall–Kier alpha value is -2.42. The molecule has 0 aliphatic carbocycles. The van der Waals surface area contributed by atoms with Crippen molar-refractivity contribution >= 4 is 58.0 Å². The number of fused-ring (bicyclic) bond motifs is 1. The molecule has 1 aromatic heterocycles. The summed E-state index contributed by atoms with van der Waals surface area (Å²) in [6.07, 6.45) is -0.0240. The smallest absolute Gasteiger partial charge is 0.304 e. The van der Waals surface area contributed by atoms with Gasteiger partial charge < -0.3 is 14.9 Å². The molecule has 6 nitrogen and oxygen atoms in total. The molecule has 192 valence electrons. The van der Waals surface area contributed by atoms with Gasteiger partial charge in [-0.05, 0) is 35.9 Å². The van der Waals surface area contributed by atoms with Crippen molar-refractivity contribution in [2.75, 3.05) is 0 Å². The van der Waals surface area contributed by atoms with E-state index in [0.29, 0.717) is 10.8 Å². The first-order valence-electron chi connectivity index (χ1n) is 11.4. The van der Waals surface area contributed by atoms with Gasteiger partial charge >= 0.3 is 11.9 Å². The lowest BCUT2D eigenvalue weighted by atomic mass is 10.1. The van der Waals surface area contributed by atoms with Crippen molar-refractivity contribution in [1.29, 1.82) is 0 Å². The van der Waals surface area contributed by atoms with Crippen molar-refractivity contribution in [2.24, 2.45) is 0 Å². The van der Waals surface area contributed by atoms with Crippen LogP contribution in [0, 0.1) is 0 Å². The molecule has 0 radical (unpaired) electrons. The van der Waals surface area contributed by atoms with Crippen molar-refractivity contribution in [1.82, 2.24) is 4.98 Å². The van der Waals surface area contributed by atoms with Gasteiger partial charge in [-0.15, -0.1) is 23.5 Å². The van der Waals surface area contributed by atoms with Gasteiger partial charge in [0.25, 0.3) is 0 Å². The quantitative estimate of drug-likeness (QED) is 0.226. The summed E-state index contributed by atoms with van der Waals surface area (Å²) in [7, 11) is 0. The van der Waals surface area contributed by atoms with E-state index in [1.807, 2.05) is 82.3 Å². The molecule has 0 aliphatic heterocycles. The third-order valence-corrected chi connectivity index (χ3v) is 8.58. The van der Waals surface area contributed by atoms with Crippen LogP contribution in [0.5, 0.6) is 5.75 Å². The van der Waals surface area contributed by atoms with E-state index in [0.717, 1.165) is 22.2 Å². The summed E-state index contributed by atoms with van der Waals surface area (Å²) >= 11 is 9.13. The average Bonchev–Trinajstić information content (AvgIpc) is 2.75. The molecule has 0 amide bonds. The maximum atomic E-state index is 11.4. The summed E-state index contributed by atoms with van der Waals surface area (Å²) in [5.74, 6) is -1.09. The Kier molecular flexibility index (Phi) is 9.19. The second-order valence-corrected chi connectivity index (χ2v) is 14.1. The van der Waals surface area contributed by atoms with Gasteiger partial charge in [0, 0.05) is 19.9 Å². The van der Waals surface area contributed by atoms with Crippen LogP contribution >= 0.6 is 35.1 Å². The molecule has 0 bridgehead atoms. The fourth-order valence-corrected chi connectivity index (χ4v) is 7.73.